The standard InChI is InChI=1S/C9H12N2S.K/c1-6-4-10-9(11-5-6)7(2)8(3)12;/h4-5,12H,1-3H3;/q;+1/p-1/b8-7+;. The zero-order valence-electron chi connectivity index (χ0n) is 8.46. The number of allylic oxidation sites excluding steroid dienone is 2. The Morgan fingerprint density at radius 1 is 1.23 bits per heavy atom. The van der Waals surface area contributed by atoms with E-state index in [0.29, 0.717) is 0 Å². The monoisotopic (exact) mass is 218 g/mol. The number of hydrogen-bond donors (Lipinski definition) is 0. The van der Waals surface area contributed by atoms with E-state index in [1.165, 1.54) is 0 Å². The van der Waals surface area contributed by atoms with Gasteiger partial charge in [0.15, 0.2) is 5.82 Å². The van der Waals surface area contributed by atoms with Crippen LogP contribution in [-0.4, -0.2) is 9.97 Å². The Kier molecular flexibility index (Phi) is 6.54. The summed E-state index contributed by atoms with van der Waals surface area (Å²) in [6.45, 7) is 5.78. The van der Waals surface area contributed by atoms with E-state index in [1.807, 2.05) is 20.8 Å². The molecule has 1 aromatic rings. The SMILES string of the molecule is C/C([S-])=C(/C)c1ncc(C)cn1.[K+]. The van der Waals surface area contributed by atoms with Crippen molar-refractivity contribution in [3.63, 3.8) is 0 Å². The minimum absolute atomic E-state index is 0. The smallest absolute Gasteiger partial charge is 0.784 e. The molecule has 0 atom stereocenters. The molecule has 0 aliphatic heterocycles. The van der Waals surface area contributed by atoms with Crippen molar-refractivity contribution in [1.29, 1.82) is 0 Å². The van der Waals surface area contributed by atoms with Gasteiger partial charge in [-0.25, -0.2) is 9.97 Å². The van der Waals surface area contributed by atoms with E-state index in [2.05, 4.69) is 9.97 Å². The first-order chi connectivity index (χ1) is 5.61. The van der Waals surface area contributed by atoms with E-state index >= 15 is 0 Å². The van der Waals surface area contributed by atoms with E-state index in [1.54, 1.807) is 12.4 Å². The fourth-order valence-electron chi connectivity index (χ4n) is 0.744. The molecule has 0 amide bonds. The van der Waals surface area contributed by atoms with E-state index in [0.717, 1.165) is 21.9 Å². The first-order valence-corrected chi connectivity index (χ1v) is 4.15. The Labute approximate surface area is 127 Å². The van der Waals surface area contributed by atoms with Crippen molar-refractivity contribution in [2.24, 2.45) is 0 Å². The van der Waals surface area contributed by atoms with Crippen molar-refractivity contribution in [1.82, 2.24) is 9.97 Å². The number of aryl methyl sites for hydroxylation is 1. The van der Waals surface area contributed by atoms with Gasteiger partial charge in [0.25, 0.3) is 0 Å². The molecule has 13 heavy (non-hydrogen) atoms. The van der Waals surface area contributed by atoms with Crippen LogP contribution >= 0.6 is 0 Å². The quantitative estimate of drug-likeness (QED) is 0.451. The maximum atomic E-state index is 5.02. The molecule has 0 N–H and O–H groups in total. The van der Waals surface area contributed by atoms with Gasteiger partial charge in [0.1, 0.15) is 0 Å². The predicted octanol–water partition coefficient (Wildman–Crippen LogP) is -0.913. The molecule has 0 saturated heterocycles. The normalized spacial score (nSPS) is 11.6. The zero-order chi connectivity index (χ0) is 9.14. The second-order valence-corrected chi connectivity index (χ2v) is 3.38. The van der Waals surface area contributed by atoms with Crippen LogP contribution in [0.15, 0.2) is 17.3 Å². The molecule has 4 heteroatoms. The molecule has 0 aliphatic carbocycles. The third-order valence-electron chi connectivity index (χ3n) is 1.64. The minimum Gasteiger partial charge on any atom is -0.784 e. The molecule has 0 aliphatic rings. The van der Waals surface area contributed by atoms with Gasteiger partial charge in [0.05, 0.1) is 0 Å². The Balaban J connectivity index is 0.00000144. The van der Waals surface area contributed by atoms with Gasteiger partial charge in [-0.15, -0.1) is 0 Å². The van der Waals surface area contributed by atoms with Crippen LogP contribution in [0.25, 0.3) is 5.57 Å². The molecule has 1 heterocycles. The Morgan fingerprint density at radius 3 is 2.08 bits per heavy atom. The van der Waals surface area contributed by atoms with Crippen LogP contribution < -0.4 is 51.4 Å². The van der Waals surface area contributed by atoms with Crippen LogP contribution in [0.4, 0.5) is 0 Å². The Morgan fingerprint density at radius 2 is 1.69 bits per heavy atom. The molecular weight excluding hydrogens is 207 g/mol. The zero-order valence-corrected chi connectivity index (χ0v) is 12.4. The third kappa shape index (κ3) is 4.14. The van der Waals surface area contributed by atoms with Crippen molar-refractivity contribution in [3.05, 3.63) is 28.7 Å². The average Bonchev–Trinajstić information content (AvgIpc) is 2.04. The van der Waals surface area contributed by atoms with E-state index in [-0.39, 0.29) is 51.4 Å². The topological polar surface area (TPSA) is 25.8 Å². The predicted molar refractivity (Wildman–Crippen MR) is 52.4 cm³/mol. The fourth-order valence-corrected chi connectivity index (χ4v) is 0.835. The first-order valence-electron chi connectivity index (χ1n) is 3.75. The van der Waals surface area contributed by atoms with Crippen LogP contribution in [0.1, 0.15) is 25.2 Å². The minimum atomic E-state index is 0. The number of nitrogens with zero attached hydrogens (tertiary/aromatic N) is 2. The van der Waals surface area contributed by atoms with Gasteiger partial charge in [-0.3, -0.25) is 0 Å². The number of rotatable bonds is 1. The molecule has 0 saturated carbocycles. The summed E-state index contributed by atoms with van der Waals surface area (Å²) >= 11 is 5.02. The van der Waals surface area contributed by atoms with Gasteiger partial charge in [-0.2, -0.15) is 4.91 Å². The molecule has 0 bridgehead atoms. The largest absolute Gasteiger partial charge is 1.00 e. The van der Waals surface area contributed by atoms with E-state index in [9.17, 15) is 0 Å². The molecule has 2 nitrogen and oxygen atoms in total. The van der Waals surface area contributed by atoms with Crippen molar-refractivity contribution < 1.29 is 51.4 Å². The summed E-state index contributed by atoms with van der Waals surface area (Å²) in [6.07, 6.45) is 3.59. The summed E-state index contributed by atoms with van der Waals surface area (Å²) in [4.78, 5) is 9.17. The van der Waals surface area contributed by atoms with Gasteiger partial charge in [-0.1, -0.05) is 6.92 Å². The summed E-state index contributed by atoms with van der Waals surface area (Å²) in [5.74, 6) is 0.730. The third-order valence-corrected chi connectivity index (χ3v) is 1.95. The van der Waals surface area contributed by atoms with Crippen molar-refractivity contribution in [2.45, 2.75) is 20.8 Å². The molecule has 64 valence electrons. The van der Waals surface area contributed by atoms with Crippen LogP contribution in [0.3, 0.4) is 0 Å². The van der Waals surface area contributed by atoms with Crippen molar-refractivity contribution >= 4 is 18.2 Å². The second kappa shape index (κ2) is 6.21. The Hall–Kier alpha value is 0.676. The molecule has 0 unspecified atom stereocenters. The van der Waals surface area contributed by atoms with E-state index < -0.39 is 0 Å². The molecule has 1 aromatic heterocycles. The van der Waals surface area contributed by atoms with Crippen molar-refractivity contribution in [3.8, 4) is 0 Å². The van der Waals surface area contributed by atoms with Gasteiger partial charge in [0.2, 0.25) is 0 Å². The second-order valence-electron chi connectivity index (χ2n) is 2.77. The van der Waals surface area contributed by atoms with Crippen LogP contribution in [-0.2, 0) is 12.6 Å². The summed E-state index contributed by atoms with van der Waals surface area (Å²) in [5, 5.41) is 0. The van der Waals surface area contributed by atoms with Gasteiger partial charge < -0.3 is 12.6 Å². The summed E-state index contributed by atoms with van der Waals surface area (Å²) in [5.41, 5.74) is 2.04. The van der Waals surface area contributed by atoms with Gasteiger partial charge >= 0.3 is 51.4 Å². The Bertz CT molecular complexity index is 302. The molecule has 0 aromatic carbocycles. The van der Waals surface area contributed by atoms with Gasteiger partial charge in [0, 0.05) is 12.4 Å². The van der Waals surface area contributed by atoms with Crippen molar-refractivity contribution in [2.75, 3.05) is 0 Å². The molecule has 0 radical (unpaired) electrons. The van der Waals surface area contributed by atoms with Crippen LogP contribution in [0.5, 0.6) is 0 Å². The van der Waals surface area contributed by atoms with Crippen LogP contribution in [0, 0.1) is 6.92 Å². The summed E-state index contributed by atoms with van der Waals surface area (Å²) in [7, 11) is 0. The molecule has 1 rings (SSSR count). The maximum absolute atomic E-state index is 5.02. The van der Waals surface area contributed by atoms with Crippen LogP contribution in [0.2, 0.25) is 0 Å². The molecular formula is C9H11KN2S. The van der Waals surface area contributed by atoms with E-state index in [4.69, 9.17) is 12.6 Å². The number of aromatic nitrogens is 2. The number of hydrogen-bond acceptors (Lipinski definition) is 3. The molecule has 0 spiro atoms. The fraction of sp³-hybridized carbons (Fsp3) is 0.333. The molecule has 0 fully saturated rings. The maximum Gasteiger partial charge on any atom is 1.00 e. The summed E-state index contributed by atoms with van der Waals surface area (Å²) in [6, 6.07) is 0. The summed E-state index contributed by atoms with van der Waals surface area (Å²) < 4.78 is 0. The average molecular weight is 218 g/mol. The van der Waals surface area contributed by atoms with Gasteiger partial charge in [-0.05, 0) is 25.0 Å². The first kappa shape index (κ1) is 13.7.